The van der Waals surface area contributed by atoms with Crippen LogP contribution in [-0.4, -0.2) is 23.3 Å². The van der Waals surface area contributed by atoms with Crippen molar-refractivity contribution in [3.63, 3.8) is 0 Å². The quantitative estimate of drug-likeness (QED) is 0.855. The molecule has 0 aliphatic carbocycles. The second kappa shape index (κ2) is 4.06. The van der Waals surface area contributed by atoms with Gasteiger partial charge in [-0.05, 0) is 12.1 Å². The fourth-order valence-electron chi connectivity index (χ4n) is 1.36. The zero-order chi connectivity index (χ0) is 11.5. The van der Waals surface area contributed by atoms with Gasteiger partial charge >= 0.3 is 5.97 Å². The van der Waals surface area contributed by atoms with Crippen LogP contribution in [0.3, 0.4) is 0 Å². The smallest absolute Gasteiger partial charge is 0.374 e. The van der Waals surface area contributed by atoms with Crippen molar-refractivity contribution in [3.8, 4) is 17.0 Å². The van der Waals surface area contributed by atoms with E-state index in [-0.39, 0.29) is 5.76 Å². The molecule has 0 aliphatic rings. The van der Waals surface area contributed by atoms with Gasteiger partial charge in [0.2, 0.25) is 5.76 Å². The van der Waals surface area contributed by atoms with Crippen molar-refractivity contribution in [3.05, 3.63) is 36.1 Å². The van der Waals surface area contributed by atoms with E-state index in [1.165, 1.54) is 13.2 Å². The van der Waals surface area contributed by atoms with Gasteiger partial charge in [0.15, 0.2) is 0 Å². The molecular formula is C11H9NO4. The molecule has 0 atom stereocenters. The van der Waals surface area contributed by atoms with Gasteiger partial charge in [0.25, 0.3) is 0 Å². The number of para-hydroxylation sites is 1. The maximum atomic E-state index is 10.6. The van der Waals surface area contributed by atoms with E-state index in [1.54, 1.807) is 12.1 Å². The third kappa shape index (κ3) is 1.75. The molecule has 1 aromatic heterocycles. The highest BCUT2D eigenvalue weighted by Crippen LogP contribution is 2.28. The number of carboxylic acid groups (broad SMARTS) is 1. The third-order valence-corrected chi connectivity index (χ3v) is 2.10. The summed E-state index contributed by atoms with van der Waals surface area (Å²) in [6.45, 7) is 0. The number of carboxylic acids is 1. The van der Waals surface area contributed by atoms with E-state index in [2.05, 4.69) is 9.68 Å². The molecule has 5 nitrogen and oxygen atoms in total. The van der Waals surface area contributed by atoms with E-state index in [1.807, 2.05) is 12.1 Å². The lowest BCUT2D eigenvalue weighted by molar-refractivity contribution is 0.0652. The molecule has 16 heavy (non-hydrogen) atoms. The van der Waals surface area contributed by atoms with Crippen molar-refractivity contribution in [2.75, 3.05) is 7.11 Å². The van der Waals surface area contributed by atoms with Crippen molar-refractivity contribution in [1.29, 1.82) is 0 Å². The standard InChI is InChI=1S/C11H9NO4/c1-15-9-5-3-2-4-7(9)8-6-10(11(13)14)16-12-8/h2-6H,1H3,(H,13,14). The van der Waals surface area contributed by atoms with Crippen LogP contribution >= 0.6 is 0 Å². The zero-order valence-corrected chi connectivity index (χ0v) is 8.51. The molecule has 0 unspecified atom stereocenters. The first-order chi connectivity index (χ1) is 7.72. The van der Waals surface area contributed by atoms with E-state index in [0.717, 1.165) is 0 Å². The number of carbonyl (C=O) groups is 1. The molecule has 0 fully saturated rings. The molecule has 0 saturated carbocycles. The molecule has 1 heterocycles. The molecule has 0 aliphatic heterocycles. The number of aromatic carboxylic acids is 1. The van der Waals surface area contributed by atoms with Gasteiger partial charge in [0.1, 0.15) is 11.4 Å². The predicted octanol–water partition coefficient (Wildman–Crippen LogP) is 2.05. The van der Waals surface area contributed by atoms with Crippen LogP contribution in [0.25, 0.3) is 11.3 Å². The summed E-state index contributed by atoms with van der Waals surface area (Å²) in [6.07, 6.45) is 0. The van der Waals surface area contributed by atoms with Crippen molar-refractivity contribution in [2.24, 2.45) is 0 Å². The molecular weight excluding hydrogens is 210 g/mol. The minimum absolute atomic E-state index is 0.194. The lowest BCUT2D eigenvalue weighted by Gasteiger charge is -2.03. The normalized spacial score (nSPS) is 10.1. The Morgan fingerprint density at radius 1 is 1.44 bits per heavy atom. The van der Waals surface area contributed by atoms with Crippen molar-refractivity contribution in [2.45, 2.75) is 0 Å². The molecule has 0 bridgehead atoms. The van der Waals surface area contributed by atoms with Crippen LogP contribution < -0.4 is 4.74 Å². The second-order valence-electron chi connectivity index (χ2n) is 3.08. The van der Waals surface area contributed by atoms with Crippen molar-refractivity contribution >= 4 is 5.97 Å². The number of hydrogen-bond acceptors (Lipinski definition) is 4. The Balaban J connectivity index is 2.46. The minimum Gasteiger partial charge on any atom is -0.496 e. The largest absolute Gasteiger partial charge is 0.496 e. The fourth-order valence-corrected chi connectivity index (χ4v) is 1.36. The summed E-state index contributed by atoms with van der Waals surface area (Å²) in [5.41, 5.74) is 1.14. The Morgan fingerprint density at radius 2 is 2.19 bits per heavy atom. The molecule has 1 aromatic carbocycles. The lowest BCUT2D eigenvalue weighted by Crippen LogP contribution is -1.91. The van der Waals surface area contributed by atoms with E-state index in [0.29, 0.717) is 17.0 Å². The van der Waals surface area contributed by atoms with E-state index >= 15 is 0 Å². The summed E-state index contributed by atoms with van der Waals surface area (Å²) in [5.74, 6) is -0.720. The van der Waals surface area contributed by atoms with Gasteiger partial charge < -0.3 is 14.4 Å². The molecule has 0 saturated heterocycles. The summed E-state index contributed by atoms with van der Waals surface area (Å²) in [7, 11) is 1.54. The van der Waals surface area contributed by atoms with Crippen LogP contribution in [-0.2, 0) is 0 Å². The Morgan fingerprint density at radius 3 is 2.81 bits per heavy atom. The second-order valence-corrected chi connectivity index (χ2v) is 3.08. The number of benzene rings is 1. The summed E-state index contributed by atoms with van der Waals surface area (Å²) in [6, 6.07) is 8.54. The predicted molar refractivity (Wildman–Crippen MR) is 55.5 cm³/mol. The summed E-state index contributed by atoms with van der Waals surface area (Å²) < 4.78 is 9.82. The molecule has 2 rings (SSSR count). The van der Waals surface area contributed by atoms with Crippen LogP contribution in [0.15, 0.2) is 34.9 Å². The molecule has 2 aromatic rings. The number of nitrogens with zero attached hydrogens (tertiary/aromatic N) is 1. The van der Waals surface area contributed by atoms with Crippen LogP contribution in [0, 0.1) is 0 Å². The van der Waals surface area contributed by atoms with Crippen LogP contribution in [0.2, 0.25) is 0 Å². The van der Waals surface area contributed by atoms with Crippen molar-refractivity contribution < 1.29 is 19.2 Å². The Hall–Kier alpha value is -2.30. The lowest BCUT2D eigenvalue weighted by atomic mass is 10.1. The van der Waals surface area contributed by atoms with Gasteiger partial charge in [-0.25, -0.2) is 4.79 Å². The molecule has 0 radical (unpaired) electrons. The number of hydrogen-bond donors (Lipinski definition) is 1. The van der Waals surface area contributed by atoms with Gasteiger partial charge in [-0.3, -0.25) is 0 Å². The molecule has 0 spiro atoms. The highest BCUT2D eigenvalue weighted by atomic mass is 16.5. The Kier molecular flexibility index (Phi) is 2.59. The van der Waals surface area contributed by atoms with Gasteiger partial charge in [0.05, 0.1) is 7.11 Å². The van der Waals surface area contributed by atoms with Crippen molar-refractivity contribution in [1.82, 2.24) is 5.16 Å². The van der Waals surface area contributed by atoms with E-state index in [9.17, 15) is 4.79 Å². The molecule has 1 N–H and O–H groups in total. The summed E-state index contributed by atoms with van der Waals surface area (Å²) in [5, 5.41) is 12.4. The SMILES string of the molecule is COc1ccccc1-c1cc(C(=O)O)on1. The first-order valence-electron chi connectivity index (χ1n) is 4.56. The number of ether oxygens (including phenoxy) is 1. The summed E-state index contributed by atoms with van der Waals surface area (Å²) >= 11 is 0. The number of aromatic nitrogens is 1. The van der Waals surface area contributed by atoms with Crippen LogP contribution in [0.1, 0.15) is 10.6 Å². The van der Waals surface area contributed by atoms with E-state index < -0.39 is 5.97 Å². The third-order valence-electron chi connectivity index (χ3n) is 2.10. The first kappa shape index (κ1) is 10.2. The van der Waals surface area contributed by atoms with Gasteiger partial charge in [-0.1, -0.05) is 17.3 Å². The minimum atomic E-state index is -1.14. The van der Waals surface area contributed by atoms with Gasteiger partial charge in [-0.15, -0.1) is 0 Å². The van der Waals surface area contributed by atoms with Gasteiger partial charge in [-0.2, -0.15) is 0 Å². The average molecular weight is 219 g/mol. The first-order valence-corrected chi connectivity index (χ1v) is 4.56. The molecule has 82 valence electrons. The Labute approximate surface area is 91.3 Å². The Bertz CT molecular complexity index is 518. The average Bonchev–Trinajstić information content (AvgIpc) is 2.78. The monoisotopic (exact) mass is 219 g/mol. The number of rotatable bonds is 3. The molecule has 0 amide bonds. The number of methoxy groups -OCH3 is 1. The molecule has 5 heteroatoms. The summed E-state index contributed by atoms with van der Waals surface area (Å²) in [4.78, 5) is 10.6. The van der Waals surface area contributed by atoms with Gasteiger partial charge in [0, 0.05) is 11.6 Å². The topological polar surface area (TPSA) is 72.6 Å². The highest BCUT2D eigenvalue weighted by Gasteiger charge is 2.14. The van der Waals surface area contributed by atoms with E-state index in [4.69, 9.17) is 9.84 Å². The fraction of sp³-hybridized carbons (Fsp3) is 0.0909. The zero-order valence-electron chi connectivity index (χ0n) is 8.51. The van der Waals surface area contributed by atoms with Crippen LogP contribution in [0.5, 0.6) is 5.75 Å². The maximum Gasteiger partial charge on any atom is 0.374 e. The highest BCUT2D eigenvalue weighted by molar-refractivity contribution is 5.86. The van der Waals surface area contributed by atoms with Crippen LogP contribution in [0.4, 0.5) is 0 Å². The maximum absolute atomic E-state index is 10.6.